The summed E-state index contributed by atoms with van der Waals surface area (Å²) >= 11 is 0. The molecule has 0 radical (unpaired) electrons. The molecule has 0 bridgehead atoms. The Balaban J connectivity index is 2.93. The molecule has 0 aromatic carbocycles. The first-order valence-corrected chi connectivity index (χ1v) is 4.41. The Morgan fingerprint density at radius 1 is 1.60 bits per heavy atom. The molecule has 0 atom stereocenters. The Hall–Kier alpha value is -1.69. The van der Waals surface area contributed by atoms with E-state index in [-0.39, 0.29) is 17.4 Å². The molecule has 1 aromatic rings. The second-order valence-electron chi connectivity index (χ2n) is 3.29. The highest BCUT2D eigenvalue weighted by atomic mass is 19.1. The molecule has 15 heavy (non-hydrogen) atoms. The van der Waals surface area contributed by atoms with E-state index in [1.807, 2.05) is 13.8 Å². The lowest BCUT2D eigenvalue weighted by Gasteiger charge is -2.10. The van der Waals surface area contributed by atoms with Crippen molar-refractivity contribution >= 4 is 11.7 Å². The first-order valence-electron chi connectivity index (χ1n) is 4.41. The van der Waals surface area contributed by atoms with Crippen LogP contribution in [-0.4, -0.2) is 22.1 Å². The summed E-state index contributed by atoms with van der Waals surface area (Å²) in [5.41, 5.74) is 1.37. The molecule has 5 nitrogen and oxygen atoms in total. The van der Waals surface area contributed by atoms with Crippen molar-refractivity contribution in [3.63, 3.8) is 0 Å². The van der Waals surface area contributed by atoms with Crippen LogP contribution in [0.25, 0.3) is 0 Å². The quantitative estimate of drug-likeness (QED) is 0.520. The Kier molecular flexibility index (Phi) is 3.56. The lowest BCUT2D eigenvalue weighted by Crippen LogP contribution is -2.20. The van der Waals surface area contributed by atoms with Crippen molar-refractivity contribution in [2.24, 2.45) is 0 Å². The predicted molar refractivity (Wildman–Crippen MR) is 52.2 cm³/mol. The van der Waals surface area contributed by atoms with Crippen LogP contribution in [0.2, 0.25) is 0 Å². The van der Waals surface area contributed by atoms with Gasteiger partial charge in [0.25, 0.3) is 5.91 Å². The van der Waals surface area contributed by atoms with Crippen molar-refractivity contribution in [2.75, 3.05) is 5.32 Å². The van der Waals surface area contributed by atoms with E-state index in [9.17, 15) is 9.18 Å². The van der Waals surface area contributed by atoms with Gasteiger partial charge in [-0.15, -0.1) is 0 Å². The number of hydrogen-bond acceptors (Lipinski definition) is 4. The number of carbonyl (C=O) groups excluding carboxylic acids is 1. The zero-order valence-electron chi connectivity index (χ0n) is 8.41. The fourth-order valence-corrected chi connectivity index (χ4v) is 1.01. The second-order valence-corrected chi connectivity index (χ2v) is 3.29. The van der Waals surface area contributed by atoms with Crippen LogP contribution < -0.4 is 10.8 Å². The average molecular weight is 213 g/mol. The number of hydrogen-bond donors (Lipinski definition) is 3. The number of halogens is 1. The number of pyridine rings is 1. The summed E-state index contributed by atoms with van der Waals surface area (Å²) in [5.74, 6) is -1.35. The van der Waals surface area contributed by atoms with Gasteiger partial charge in [-0.25, -0.2) is 14.9 Å². The molecule has 6 heteroatoms. The zero-order valence-corrected chi connectivity index (χ0v) is 8.41. The van der Waals surface area contributed by atoms with E-state index in [1.54, 1.807) is 0 Å². The fourth-order valence-electron chi connectivity index (χ4n) is 1.01. The summed E-state index contributed by atoms with van der Waals surface area (Å²) in [4.78, 5) is 14.6. The molecule has 0 aliphatic heterocycles. The number of nitrogens with one attached hydrogen (secondary N) is 2. The van der Waals surface area contributed by atoms with E-state index < -0.39 is 11.7 Å². The summed E-state index contributed by atoms with van der Waals surface area (Å²) in [6.45, 7) is 3.69. The van der Waals surface area contributed by atoms with Gasteiger partial charge in [-0.1, -0.05) is 0 Å². The lowest BCUT2D eigenvalue weighted by molar-refractivity contribution is 0.0705. The number of carbonyl (C=O) groups is 1. The summed E-state index contributed by atoms with van der Waals surface area (Å²) in [6.07, 6.45) is 1.18. The number of rotatable bonds is 3. The molecular weight excluding hydrogens is 201 g/mol. The largest absolute Gasteiger partial charge is 0.365 e. The summed E-state index contributed by atoms with van der Waals surface area (Å²) in [6, 6.07) is 1.05. The lowest BCUT2D eigenvalue weighted by atomic mass is 10.2. The minimum Gasteiger partial charge on any atom is -0.365 e. The Morgan fingerprint density at radius 2 is 2.27 bits per heavy atom. The molecule has 3 N–H and O–H groups in total. The molecule has 82 valence electrons. The molecule has 0 aliphatic rings. The molecule has 0 saturated carbocycles. The Labute approximate surface area is 86.3 Å². The highest BCUT2D eigenvalue weighted by Crippen LogP contribution is 2.12. The summed E-state index contributed by atoms with van der Waals surface area (Å²) < 4.78 is 13.3. The maximum atomic E-state index is 13.3. The van der Waals surface area contributed by atoms with Crippen LogP contribution >= 0.6 is 0 Å². The minimum absolute atomic E-state index is 0.0377. The maximum absolute atomic E-state index is 13.3. The first-order chi connectivity index (χ1) is 7.04. The molecule has 0 fully saturated rings. The summed E-state index contributed by atoms with van der Waals surface area (Å²) in [5, 5.41) is 11.1. The summed E-state index contributed by atoms with van der Waals surface area (Å²) in [7, 11) is 0. The van der Waals surface area contributed by atoms with Crippen molar-refractivity contribution < 1.29 is 14.4 Å². The molecular formula is C9H12FN3O2. The van der Waals surface area contributed by atoms with Crippen LogP contribution in [-0.2, 0) is 0 Å². The number of amides is 1. The second kappa shape index (κ2) is 4.70. The standard InChI is InChI=1S/C9H12FN3O2/c1-5(2)12-8-7(10)3-6(4-11-8)9(14)13-15/h3-5,15H,1-2H3,(H,11,12)(H,13,14). The van der Waals surface area contributed by atoms with Crippen LogP contribution in [0, 0.1) is 5.82 Å². The Morgan fingerprint density at radius 3 is 2.73 bits per heavy atom. The van der Waals surface area contributed by atoms with Crippen LogP contribution in [0.5, 0.6) is 0 Å². The van der Waals surface area contributed by atoms with Gasteiger partial charge in [0.15, 0.2) is 11.6 Å². The average Bonchev–Trinajstić information content (AvgIpc) is 2.19. The zero-order chi connectivity index (χ0) is 11.4. The molecule has 0 aliphatic carbocycles. The van der Waals surface area contributed by atoms with E-state index >= 15 is 0 Å². The first kappa shape index (κ1) is 11.4. The number of aromatic nitrogens is 1. The minimum atomic E-state index is -0.794. The highest BCUT2D eigenvalue weighted by Gasteiger charge is 2.10. The van der Waals surface area contributed by atoms with Gasteiger partial charge < -0.3 is 5.32 Å². The van der Waals surface area contributed by atoms with Gasteiger partial charge in [0.05, 0.1) is 5.56 Å². The molecule has 0 spiro atoms. The van der Waals surface area contributed by atoms with Gasteiger partial charge in [-0.05, 0) is 19.9 Å². The van der Waals surface area contributed by atoms with Crippen LogP contribution in [0.4, 0.5) is 10.2 Å². The molecule has 1 rings (SSSR count). The molecule has 1 amide bonds. The van der Waals surface area contributed by atoms with Gasteiger partial charge in [0.1, 0.15) is 0 Å². The SMILES string of the molecule is CC(C)Nc1ncc(C(=O)NO)cc1F. The van der Waals surface area contributed by atoms with E-state index in [0.29, 0.717) is 0 Å². The van der Waals surface area contributed by atoms with Crippen molar-refractivity contribution in [3.05, 3.63) is 23.6 Å². The van der Waals surface area contributed by atoms with Crippen LogP contribution in [0.3, 0.4) is 0 Å². The molecule has 0 saturated heterocycles. The monoisotopic (exact) mass is 213 g/mol. The van der Waals surface area contributed by atoms with Crippen molar-refractivity contribution in [1.29, 1.82) is 0 Å². The molecule has 1 aromatic heterocycles. The third kappa shape index (κ3) is 2.88. The number of hydroxylamine groups is 1. The molecule has 0 unspecified atom stereocenters. The topological polar surface area (TPSA) is 74.2 Å². The van der Waals surface area contributed by atoms with Gasteiger partial charge in [0.2, 0.25) is 0 Å². The third-order valence-corrected chi connectivity index (χ3v) is 1.63. The Bertz CT molecular complexity index is 368. The number of nitrogens with zero attached hydrogens (tertiary/aromatic N) is 1. The van der Waals surface area contributed by atoms with Gasteiger partial charge in [-0.2, -0.15) is 0 Å². The third-order valence-electron chi connectivity index (χ3n) is 1.63. The van der Waals surface area contributed by atoms with E-state index in [4.69, 9.17) is 5.21 Å². The van der Waals surface area contributed by atoms with Crippen LogP contribution in [0.15, 0.2) is 12.3 Å². The highest BCUT2D eigenvalue weighted by molar-refractivity contribution is 5.93. The predicted octanol–water partition coefficient (Wildman–Crippen LogP) is 1.16. The number of anilines is 1. The van der Waals surface area contributed by atoms with Crippen molar-refractivity contribution in [1.82, 2.24) is 10.5 Å². The fraction of sp³-hybridized carbons (Fsp3) is 0.333. The van der Waals surface area contributed by atoms with Gasteiger partial charge in [-0.3, -0.25) is 10.0 Å². The smallest absolute Gasteiger partial charge is 0.276 e. The van der Waals surface area contributed by atoms with Crippen LogP contribution in [0.1, 0.15) is 24.2 Å². The molecule has 1 heterocycles. The van der Waals surface area contributed by atoms with E-state index in [2.05, 4.69) is 10.3 Å². The van der Waals surface area contributed by atoms with Crippen molar-refractivity contribution in [2.45, 2.75) is 19.9 Å². The van der Waals surface area contributed by atoms with Crippen molar-refractivity contribution in [3.8, 4) is 0 Å². The maximum Gasteiger partial charge on any atom is 0.276 e. The van der Waals surface area contributed by atoms with Gasteiger partial charge >= 0.3 is 0 Å². The van der Waals surface area contributed by atoms with Gasteiger partial charge in [0, 0.05) is 12.2 Å². The van der Waals surface area contributed by atoms with E-state index in [1.165, 1.54) is 11.7 Å². The van der Waals surface area contributed by atoms with E-state index in [0.717, 1.165) is 6.07 Å². The normalized spacial score (nSPS) is 10.2.